The second kappa shape index (κ2) is 8.02. The number of anilines is 1. The molecule has 3 rings (SSSR count). The maximum Gasteiger partial charge on any atom is 0.341 e. The van der Waals surface area contributed by atoms with Gasteiger partial charge < -0.3 is 24.8 Å². The van der Waals surface area contributed by atoms with Crippen molar-refractivity contribution < 1.29 is 19.0 Å². The Hall–Kier alpha value is -2.17. The number of nitrogens with zero attached hydrogens (tertiary/aromatic N) is 2. The Bertz CT molecular complexity index is 726. The van der Waals surface area contributed by atoms with E-state index in [1.165, 1.54) is 13.2 Å². The molecular formula is C18H22ClN3O4. The SMILES string of the molecule is COC(=O)c1cc(Cl)c(N)c2c1OCC(C1CCN(CCC#N)CC1)O2. The van der Waals surface area contributed by atoms with Gasteiger partial charge in [0, 0.05) is 18.9 Å². The number of hydrogen-bond donors (Lipinski definition) is 1. The summed E-state index contributed by atoms with van der Waals surface area (Å²) < 4.78 is 16.8. The number of piperidine rings is 1. The summed E-state index contributed by atoms with van der Waals surface area (Å²) in [7, 11) is 1.30. The van der Waals surface area contributed by atoms with Crippen molar-refractivity contribution in [3.05, 3.63) is 16.7 Å². The smallest absolute Gasteiger partial charge is 0.341 e. The van der Waals surface area contributed by atoms with Crippen molar-refractivity contribution in [3.8, 4) is 17.6 Å². The lowest BCUT2D eigenvalue weighted by molar-refractivity contribution is 0.0202. The van der Waals surface area contributed by atoms with Crippen LogP contribution in [-0.2, 0) is 4.74 Å². The second-order valence-electron chi connectivity index (χ2n) is 6.52. The van der Waals surface area contributed by atoms with Crippen molar-refractivity contribution in [2.45, 2.75) is 25.4 Å². The first-order chi connectivity index (χ1) is 12.5. The maximum absolute atomic E-state index is 12.0. The number of benzene rings is 1. The van der Waals surface area contributed by atoms with Crippen LogP contribution in [0.3, 0.4) is 0 Å². The lowest BCUT2D eigenvalue weighted by atomic mass is 9.91. The molecule has 0 aromatic heterocycles. The van der Waals surface area contributed by atoms with Crippen molar-refractivity contribution >= 4 is 23.3 Å². The van der Waals surface area contributed by atoms with Gasteiger partial charge >= 0.3 is 5.97 Å². The summed E-state index contributed by atoms with van der Waals surface area (Å²) in [6, 6.07) is 3.62. The predicted molar refractivity (Wildman–Crippen MR) is 96.5 cm³/mol. The molecule has 26 heavy (non-hydrogen) atoms. The molecule has 1 fully saturated rings. The predicted octanol–water partition coefficient (Wildman–Crippen LogP) is 2.47. The van der Waals surface area contributed by atoms with E-state index in [0.29, 0.717) is 30.4 Å². The molecule has 8 heteroatoms. The highest BCUT2D eigenvalue weighted by Gasteiger charge is 2.35. The zero-order valence-electron chi connectivity index (χ0n) is 14.7. The third-order valence-electron chi connectivity index (χ3n) is 4.99. The number of esters is 1. The van der Waals surface area contributed by atoms with Gasteiger partial charge in [0.1, 0.15) is 18.3 Å². The number of nitriles is 1. The summed E-state index contributed by atoms with van der Waals surface area (Å²) in [5.74, 6) is 0.389. The lowest BCUT2D eigenvalue weighted by Gasteiger charge is -2.38. The summed E-state index contributed by atoms with van der Waals surface area (Å²) in [5, 5.41) is 8.94. The van der Waals surface area contributed by atoms with Crippen LogP contribution in [0.2, 0.25) is 5.02 Å². The number of fused-ring (bicyclic) bond motifs is 1. The first kappa shape index (κ1) is 18.6. The van der Waals surface area contributed by atoms with Gasteiger partial charge in [0.05, 0.1) is 23.9 Å². The van der Waals surface area contributed by atoms with E-state index in [9.17, 15) is 4.79 Å². The van der Waals surface area contributed by atoms with Gasteiger partial charge in [-0.05, 0) is 32.0 Å². The molecule has 2 heterocycles. The molecule has 1 aromatic rings. The fourth-order valence-electron chi connectivity index (χ4n) is 3.48. The van der Waals surface area contributed by atoms with Crippen LogP contribution in [-0.4, -0.2) is 50.3 Å². The van der Waals surface area contributed by atoms with E-state index in [2.05, 4.69) is 11.0 Å². The van der Waals surface area contributed by atoms with Gasteiger partial charge in [-0.25, -0.2) is 4.79 Å². The number of hydrogen-bond acceptors (Lipinski definition) is 7. The van der Waals surface area contributed by atoms with E-state index < -0.39 is 5.97 Å². The summed E-state index contributed by atoms with van der Waals surface area (Å²) in [6.45, 7) is 3.01. The number of carbonyl (C=O) groups excluding carboxylic acids is 1. The van der Waals surface area contributed by atoms with Crippen molar-refractivity contribution in [3.63, 3.8) is 0 Å². The quantitative estimate of drug-likeness (QED) is 0.633. The number of nitrogen functional groups attached to an aromatic ring is 1. The average molecular weight is 380 g/mol. The van der Waals surface area contributed by atoms with Crippen LogP contribution in [0.25, 0.3) is 0 Å². The van der Waals surface area contributed by atoms with E-state index in [-0.39, 0.29) is 22.4 Å². The van der Waals surface area contributed by atoms with Crippen LogP contribution in [0.15, 0.2) is 6.07 Å². The van der Waals surface area contributed by atoms with E-state index in [1.54, 1.807) is 0 Å². The third kappa shape index (κ3) is 3.67. The number of nitrogens with two attached hydrogens (primary N) is 1. The first-order valence-corrected chi connectivity index (χ1v) is 9.02. The van der Waals surface area contributed by atoms with Crippen LogP contribution in [0.1, 0.15) is 29.6 Å². The summed E-state index contributed by atoms with van der Waals surface area (Å²) in [6.07, 6.45) is 2.32. The summed E-state index contributed by atoms with van der Waals surface area (Å²) >= 11 is 6.15. The molecule has 0 bridgehead atoms. The van der Waals surface area contributed by atoms with E-state index in [1.807, 2.05) is 0 Å². The highest BCUT2D eigenvalue weighted by Crippen LogP contribution is 2.45. The number of likely N-dealkylation sites (tertiary alicyclic amines) is 1. The lowest BCUT2D eigenvalue weighted by Crippen LogP contribution is -2.43. The molecular weight excluding hydrogens is 358 g/mol. The number of methoxy groups -OCH3 is 1. The first-order valence-electron chi connectivity index (χ1n) is 8.64. The Morgan fingerprint density at radius 3 is 2.85 bits per heavy atom. The van der Waals surface area contributed by atoms with E-state index >= 15 is 0 Å². The monoisotopic (exact) mass is 379 g/mol. The van der Waals surface area contributed by atoms with Crippen molar-refractivity contribution in [2.75, 3.05) is 39.1 Å². The van der Waals surface area contributed by atoms with Gasteiger partial charge in [0.2, 0.25) is 0 Å². The molecule has 7 nitrogen and oxygen atoms in total. The molecule has 0 amide bonds. The third-order valence-corrected chi connectivity index (χ3v) is 5.30. The zero-order chi connectivity index (χ0) is 18.7. The molecule has 1 saturated heterocycles. The molecule has 0 spiro atoms. The molecule has 1 aromatic carbocycles. The Kier molecular flexibility index (Phi) is 5.74. The molecule has 0 radical (unpaired) electrons. The summed E-state index contributed by atoms with van der Waals surface area (Å²) in [5.41, 5.74) is 6.54. The van der Waals surface area contributed by atoms with E-state index in [4.69, 9.17) is 36.8 Å². The normalized spacial score (nSPS) is 20.4. The molecule has 0 saturated carbocycles. The molecule has 2 aliphatic heterocycles. The number of rotatable bonds is 4. The highest BCUT2D eigenvalue weighted by atomic mass is 35.5. The molecule has 140 valence electrons. The van der Waals surface area contributed by atoms with Crippen LogP contribution in [0, 0.1) is 17.2 Å². The van der Waals surface area contributed by atoms with Crippen molar-refractivity contribution in [1.29, 1.82) is 5.26 Å². The van der Waals surface area contributed by atoms with Gasteiger partial charge in [-0.1, -0.05) is 11.6 Å². The maximum atomic E-state index is 12.0. The van der Waals surface area contributed by atoms with Gasteiger partial charge in [0.25, 0.3) is 0 Å². The number of halogens is 1. The minimum absolute atomic E-state index is 0.146. The molecule has 2 aliphatic rings. The molecule has 2 N–H and O–H groups in total. The minimum atomic E-state index is -0.545. The van der Waals surface area contributed by atoms with Crippen LogP contribution in [0.4, 0.5) is 5.69 Å². The Morgan fingerprint density at radius 2 is 2.19 bits per heavy atom. The second-order valence-corrected chi connectivity index (χ2v) is 6.93. The van der Waals surface area contributed by atoms with Gasteiger partial charge in [-0.15, -0.1) is 0 Å². The topological polar surface area (TPSA) is 97.8 Å². The van der Waals surface area contributed by atoms with Crippen molar-refractivity contribution in [2.24, 2.45) is 5.92 Å². The standard InChI is InChI=1S/C18H22ClN3O4/c1-24-18(23)12-9-13(19)15(21)17-16(12)25-10-14(26-17)11-3-7-22(8-4-11)6-2-5-20/h9,11,14H,2-4,6-8,10,21H2,1H3. The average Bonchev–Trinajstić information content (AvgIpc) is 2.68. The van der Waals surface area contributed by atoms with Gasteiger partial charge in [-0.3, -0.25) is 0 Å². The Labute approximate surface area is 157 Å². The molecule has 0 aliphatic carbocycles. The fourth-order valence-corrected chi connectivity index (χ4v) is 3.68. The zero-order valence-corrected chi connectivity index (χ0v) is 15.4. The van der Waals surface area contributed by atoms with Crippen molar-refractivity contribution in [1.82, 2.24) is 4.90 Å². The van der Waals surface area contributed by atoms with Crippen LogP contribution >= 0.6 is 11.6 Å². The minimum Gasteiger partial charge on any atom is -0.485 e. The van der Waals surface area contributed by atoms with Crippen LogP contribution in [0.5, 0.6) is 11.5 Å². The number of carbonyl (C=O) groups is 1. The highest BCUT2D eigenvalue weighted by molar-refractivity contribution is 6.34. The fraction of sp³-hybridized carbons (Fsp3) is 0.556. The summed E-state index contributed by atoms with van der Waals surface area (Å²) in [4.78, 5) is 14.3. The molecule has 1 unspecified atom stereocenters. The Balaban J connectivity index is 1.73. The largest absolute Gasteiger partial charge is 0.485 e. The number of ether oxygens (including phenoxy) is 3. The van der Waals surface area contributed by atoms with E-state index in [0.717, 1.165) is 32.5 Å². The van der Waals surface area contributed by atoms with Gasteiger partial charge in [0.15, 0.2) is 11.5 Å². The Morgan fingerprint density at radius 1 is 1.46 bits per heavy atom. The van der Waals surface area contributed by atoms with Crippen LogP contribution < -0.4 is 15.2 Å². The molecule has 1 atom stereocenters. The van der Waals surface area contributed by atoms with Gasteiger partial charge in [-0.2, -0.15) is 5.26 Å².